The maximum absolute atomic E-state index is 12.2. The van der Waals surface area contributed by atoms with E-state index < -0.39 is 0 Å². The lowest BCUT2D eigenvalue weighted by Crippen LogP contribution is -2.14. The number of ether oxygens (including phenoxy) is 1. The number of benzene rings is 1. The second-order valence-corrected chi connectivity index (χ2v) is 8.18. The van der Waals surface area contributed by atoms with Gasteiger partial charge in [0.2, 0.25) is 5.91 Å². The number of thioether (sulfide) groups is 1. The summed E-state index contributed by atoms with van der Waals surface area (Å²) in [4.78, 5) is 17.9. The van der Waals surface area contributed by atoms with Crippen molar-refractivity contribution in [1.29, 1.82) is 0 Å². The molecule has 0 aliphatic heterocycles. The lowest BCUT2D eigenvalue weighted by Gasteiger charge is -2.03. The van der Waals surface area contributed by atoms with Crippen molar-refractivity contribution < 1.29 is 14.1 Å². The number of aromatic nitrogens is 2. The van der Waals surface area contributed by atoms with E-state index in [0.29, 0.717) is 16.6 Å². The first-order valence-corrected chi connectivity index (χ1v) is 10.4. The van der Waals surface area contributed by atoms with Crippen LogP contribution in [0.1, 0.15) is 21.9 Å². The molecule has 0 aliphatic carbocycles. The zero-order chi connectivity index (χ0) is 19.4. The molecule has 0 atom stereocenters. The van der Waals surface area contributed by atoms with Gasteiger partial charge in [-0.3, -0.25) is 4.79 Å². The molecule has 27 heavy (non-hydrogen) atoms. The van der Waals surface area contributed by atoms with Crippen molar-refractivity contribution >= 4 is 34.1 Å². The molecule has 0 saturated heterocycles. The molecule has 0 saturated carbocycles. The molecule has 6 nitrogen and oxygen atoms in total. The third kappa shape index (κ3) is 4.70. The highest BCUT2D eigenvalue weighted by Crippen LogP contribution is 2.31. The Bertz CT molecular complexity index is 913. The second kappa shape index (κ2) is 8.58. The van der Waals surface area contributed by atoms with Gasteiger partial charge < -0.3 is 14.6 Å². The molecule has 1 N–H and O–H groups in total. The minimum Gasteiger partial charge on any atom is -0.497 e. The molecule has 1 aromatic carbocycles. The molecule has 0 aliphatic rings. The number of rotatable bonds is 7. The van der Waals surface area contributed by atoms with Crippen LogP contribution in [-0.4, -0.2) is 28.9 Å². The number of methoxy groups -OCH3 is 1. The van der Waals surface area contributed by atoms with Crippen molar-refractivity contribution in [2.75, 3.05) is 18.2 Å². The Morgan fingerprint density at radius 3 is 2.63 bits per heavy atom. The third-order valence-corrected chi connectivity index (χ3v) is 5.91. The topological polar surface area (TPSA) is 77.2 Å². The van der Waals surface area contributed by atoms with Crippen LogP contribution in [0.25, 0.3) is 11.3 Å². The molecule has 0 bridgehead atoms. The summed E-state index contributed by atoms with van der Waals surface area (Å²) in [5, 5.41) is 7.43. The van der Waals surface area contributed by atoms with Crippen molar-refractivity contribution in [2.45, 2.75) is 26.5 Å². The van der Waals surface area contributed by atoms with Gasteiger partial charge in [-0.2, -0.15) is 0 Å². The first kappa shape index (κ1) is 19.4. The quantitative estimate of drug-likeness (QED) is 0.621. The molecule has 0 spiro atoms. The summed E-state index contributed by atoms with van der Waals surface area (Å²) in [6.45, 7) is 5.79. The summed E-state index contributed by atoms with van der Waals surface area (Å²) in [6.07, 6.45) is 0. The Balaban J connectivity index is 1.58. The van der Waals surface area contributed by atoms with E-state index in [-0.39, 0.29) is 5.91 Å². The van der Waals surface area contributed by atoms with E-state index in [1.165, 1.54) is 23.1 Å². The van der Waals surface area contributed by atoms with E-state index in [0.717, 1.165) is 38.9 Å². The number of thiazole rings is 1. The average molecular weight is 404 g/mol. The van der Waals surface area contributed by atoms with Crippen LogP contribution in [0.4, 0.5) is 5.13 Å². The molecule has 3 rings (SSSR count). The van der Waals surface area contributed by atoms with Gasteiger partial charge in [-0.05, 0) is 45.0 Å². The van der Waals surface area contributed by atoms with Gasteiger partial charge in [0.25, 0.3) is 0 Å². The number of nitrogens with one attached hydrogen (secondary N) is 1. The predicted molar refractivity (Wildman–Crippen MR) is 110 cm³/mol. The van der Waals surface area contributed by atoms with Crippen molar-refractivity contribution in [1.82, 2.24) is 10.1 Å². The van der Waals surface area contributed by atoms with Gasteiger partial charge in [0, 0.05) is 21.8 Å². The van der Waals surface area contributed by atoms with Crippen LogP contribution in [-0.2, 0) is 10.5 Å². The highest BCUT2D eigenvalue weighted by molar-refractivity contribution is 7.99. The Hall–Kier alpha value is -2.32. The molecule has 1 amide bonds. The van der Waals surface area contributed by atoms with Gasteiger partial charge in [0.1, 0.15) is 11.5 Å². The summed E-state index contributed by atoms with van der Waals surface area (Å²) in [7, 11) is 1.64. The molecule has 2 heterocycles. The number of carbonyl (C=O) groups is 1. The minimum absolute atomic E-state index is 0.0678. The largest absolute Gasteiger partial charge is 0.497 e. The zero-order valence-electron chi connectivity index (χ0n) is 15.7. The second-order valence-electron chi connectivity index (χ2n) is 6.00. The van der Waals surface area contributed by atoms with Gasteiger partial charge in [-0.15, -0.1) is 23.1 Å². The van der Waals surface area contributed by atoms with Crippen molar-refractivity contribution in [2.24, 2.45) is 0 Å². The Morgan fingerprint density at radius 1 is 1.26 bits per heavy atom. The lowest BCUT2D eigenvalue weighted by atomic mass is 10.1. The van der Waals surface area contributed by atoms with Crippen LogP contribution < -0.4 is 10.1 Å². The molecule has 3 aromatic rings. The zero-order valence-corrected chi connectivity index (χ0v) is 17.3. The Labute approximate surface area is 166 Å². The molecule has 2 aromatic heterocycles. The van der Waals surface area contributed by atoms with Crippen molar-refractivity contribution in [3.63, 3.8) is 0 Å². The van der Waals surface area contributed by atoms with E-state index in [2.05, 4.69) is 15.5 Å². The van der Waals surface area contributed by atoms with E-state index in [1.807, 2.05) is 45.0 Å². The van der Waals surface area contributed by atoms with Gasteiger partial charge >= 0.3 is 0 Å². The molecular formula is C19H21N3O3S2. The number of aryl methyl sites for hydroxylation is 3. The van der Waals surface area contributed by atoms with Crippen LogP contribution in [0.5, 0.6) is 5.75 Å². The Kier molecular flexibility index (Phi) is 6.18. The number of nitrogens with zero attached hydrogens (tertiary/aromatic N) is 2. The lowest BCUT2D eigenvalue weighted by molar-refractivity contribution is -0.113. The number of carbonyl (C=O) groups excluding carboxylic acids is 1. The number of amides is 1. The van der Waals surface area contributed by atoms with Crippen molar-refractivity contribution in [3.8, 4) is 17.0 Å². The SMILES string of the molecule is COc1ccc(-c2nc(NC(=O)CSCc3c(C)noc3C)sc2C)cc1. The first-order chi connectivity index (χ1) is 13.0. The number of hydrogen-bond acceptors (Lipinski definition) is 7. The fraction of sp³-hybridized carbons (Fsp3) is 0.316. The van der Waals surface area contributed by atoms with E-state index in [9.17, 15) is 4.79 Å². The van der Waals surface area contributed by atoms with Gasteiger partial charge in [-0.1, -0.05) is 5.16 Å². The highest BCUT2D eigenvalue weighted by Gasteiger charge is 2.14. The summed E-state index contributed by atoms with van der Waals surface area (Å²) < 4.78 is 10.3. The summed E-state index contributed by atoms with van der Waals surface area (Å²) in [6, 6.07) is 7.73. The first-order valence-electron chi connectivity index (χ1n) is 8.39. The number of anilines is 1. The van der Waals surface area contributed by atoms with Gasteiger partial charge in [0.15, 0.2) is 5.13 Å². The average Bonchev–Trinajstić information content (AvgIpc) is 3.18. The van der Waals surface area contributed by atoms with Crippen LogP contribution in [0, 0.1) is 20.8 Å². The van der Waals surface area contributed by atoms with Crippen LogP contribution >= 0.6 is 23.1 Å². The monoisotopic (exact) mass is 403 g/mol. The summed E-state index contributed by atoms with van der Waals surface area (Å²) in [5.74, 6) is 2.58. The summed E-state index contributed by atoms with van der Waals surface area (Å²) >= 11 is 3.00. The van der Waals surface area contributed by atoms with Gasteiger partial charge in [-0.25, -0.2) is 4.98 Å². The predicted octanol–water partition coefficient (Wildman–Crippen LogP) is 4.60. The maximum atomic E-state index is 12.2. The normalized spacial score (nSPS) is 10.8. The fourth-order valence-corrected chi connectivity index (χ4v) is 4.40. The molecule has 142 valence electrons. The fourth-order valence-electron chi connectivity index (χ4n) is 2.58. The third-order valence-electron chi connectivity index (χ3n) is 4.07. The standard InChI is InChI=1S/C19H21N3O3S2/c1-11-16(12(2)25-22-11)9-26-10-17(23)20-19-21-18(13(3)27-19)14-5-7-15(24-4)8-6-14/h5-8H,9-10H2,1-4H3,(H,20,21,23). The van der Waals surface area contributed by atoms with E-state index >= 15 is 0 Å². The molecule has 8 heteroatoms. The minimum atomic E-state index is -0.0678. The molecular weight excluding hydrogens is 382 g/mol. The van der Waals surface area contributed by atoms with Crippen molar-refractivity contribution in [3.05, 3.63) is 46.2 Å². The maximum Gasteiger partial charge on any atom is 0.236 e. The molecule has 0 unspecified atom stereocenters. The van der Waals surface area contributed by atoms with Gasteiger partial charge in [0.05, 0.1) is 24.3 Å². The van der Waals surface area contributed by atoms with Crippen LogP contribution in [0.3, 0.4) is 0 Å². The smallest absolute Gasteiger partial charge is 0.236 e. The highest BCUT2D eigenvalue weighted by atomic mass is 32.2. The Morgan fingerprint density at radius 2 is 2.00 bits per heavy atom. The van der Waals surface area contributed by atoms with E-state index in [1.54, 1.807) is 7.11 Å². The molecule has 0 fully saturated rings. The molecule has 0 radical (unpaired) electrons. The summed E-state index contributed by atoms with van der Waals surface area (Å²) in [5.41, 5.74) is 3.80. The number of hydrogen-bond donors (Lipinski definition) is 1. The van der Waals surface area contributed by atoms with E-state index in [4.69, 9.17) is 9.26 Å². The van der Waals surface area contributed by atoms with Crippen LogP contribution in [0.15, 0.2) is 28.8 Å². The van der Waals surface area contributed by atoms with Crippen LogP contribution in [0.2, 0.25) is 0 Å².